The third kappa shape index (κ3) is 9.87. The number of benzene rings is 2. The van der Waals surface area contributed by atoms with Crippen molar-refractivity contribution in [3.05, 3.63) is 66.5 Å². The lowest BCUT2D eigenvalue weighted by Crippen LogP contribution is -2.34. The number of carbonyl (C=O) groups excluding carboxylic acids is 1. The number of carbonyl (C=O) groups is 1. The van der Waals surface area contributed by atoms with E-state index in [4.69, 9.17) is 4.74 Å². The molecule has 2 aromatic carbocycles. The van der Waals surface area contributed by atoms with Crippen LogP contribution in [0.4, 0.5) is 4.39 Å². The Morgan fingerprint density at radius 3 is 1.97 bits per heavy atom. The third-order valence-corrected chi connectivity index (χ3v) is 7.24. The van der Waals surface area contributed by atoms with Crippen molar-refractivity contribution < 1.29 is 13.9 Å². The largest absolute Gasteiger partial charge is 0.424 e. The van der Waals surface area contributed by atoms with Gasteiger partial charge in [-0.3, -0.25) is 0 Å². The van der Waals surface area contributed by atoms with Crippen molar-refractivity contribution in [2.75, 3.05) is 0 Å². The minimum atomic E-state index is -1.99. The van der Waals surface area contributed by atoms with Gasteiger partial charge in [-0.2, -0.15) is 0 Å². The molecule has 1 heterocycles. The van der Waals surface area contributed by atoms with Crippen LogP contribution in [0.5, 0.6) is 5.75 Å². The summed E-state index contributed by atoms with van der Waals surface area (Å²) < 4.78 is 20.4. The number of halogens is 1. The fourth-order valence-electron chi connectivity index (χ4n) is 4.74. The number of aryl methyl sites for hydroxylation is 1. The van der Waals surface area contributed by atoms with Gasteiger partial charge in [-0.25, -0.2) is 19.2 Å². The average molecular weight is 533 g/mol. The van der Waals surface area contributed by atoms with Crippen LogP contribution in [0.1, 0.15) is 103 Å². The predicted octanol–water partition coefficient (Wildman–Crippen LogP) is 9.71. The maximum atomic E-state index is 15.0. The molecule has 39 heavy (non-hydrogen) atoms. The monoisotopic (exact) mass is 532 g/mol. The Labute approximate surface area is 234 Å². The molecule has 1 unspecified atom stereocenters. The molecule has 3 aromatic rings. The average Bonchev–Trinajstić information content (AvgIpc) is 2.95. The molecule has 0 fully saturated rings. The van der Waals surface area contributed by atoms with Gasteiger partial charge in [0.05, 0.1) is 0 Å². The van der Waals surface area contributed by atoms with E-state index in [2.05, 4.69) is 23.8 Å². The summed E-state index contributed by atoms with van der Waals surface area (Å²) in [7, 11) is 0. The summed E-state index contributed by atoms with van der Waals surface area (Å²) in [5.74, 6) is 0.189. The van der Waals surface area contributed by atoms with Gasteiger partial charge in [0, 0.05) is 18.0 Å². The molecule has 0 amide bonds. The first kappa shape index (κ1) is 30.5. The van der Waals surface area contributed by atoms with Crippen molar-refractivity contribution in [3.63, 3.8) is 0 Å². The quantitative estimate of drug-likeness (QED) is 0.0986. The lowest BCUT2D eigenvalue weighted by atomic mass is 9.98. The van der Waals surface area contributed by atoms with Gasteiger partial charge in [0.25, 0.3) is 0 Å². The molecule has 1 aromatic heterocycles. The van der Waals surface area contributed by atoms with E-state index >= 15 is 0 Å². The van der Waals surface area contributed by atoms with Gasteiger partial charge < -0.3 is 4.74 Å². The number of rotatable bonds is 17. The zero-order valence-corrected chi connectivity index (χ0v) is 24.1. The van der Waals surface area contributed by atoms with E-state index in [1.54, 1.807) is 12.1 Å². The van der Waals surface area contributed by atoms with E-state index in [9.17, 15) is 9.18 Å². The van der Waals surface area contributed by atoms with Gasteiger partial charge in [-0.15, -0.1) is 0 Å². The first-order chi connectivity index (χ1) is 18.9. The van der Waals surface area contributed by atoms with E-state index in [1.807, 2.05) is 48.8 Å². The summed E-state index contributed by atoms with van der Waals surface area (Å²) in [5.41, 5.74) is 2.04. The van der Waals surface area contributed by atoms with Crippen LogP contribution >= 0.6 is 0 Å². The predicted molar refractivity (Wildman–Crippen MR) is 159 cm³/mol. The summed E-state index contributed by atoms with van der Waals surface area (Å²) in [5, 5.41) is 0. The number of aromatic nitrogens is 2. The van der Waals surface area contributed by atoms with Crippen molar-refractivity contribution in [1.82, 2.24) is 9.97 Å². The van der Waals surface area contributed by atoms with Crippen molar-refractivity contribution in [2.45, 2.75) is 110 Å². The Kier molecular flexibility index (Phi) is 12.6. The minimum Gasteiger partial charge on any atom is -0.424 e. The van der Waals surface area contributed by atoms with Crippen molar-refractivity contribution in [3.8, 4) is 28.3 Å². The molecule has 3 rings (SSSR count). The normalized spacial score (nSPS) is 12.7. The molecule has 0 spiro atoms. The summed E-state index contributed by atoms with van der Waals surface area (Å²) in [6, 6.07) is 15.2. The van der Waals surface area contributed by atoms with Crippen LogP contribution in [0.2, 0.25) is 0 Å². The summed E-state index contributed by atoms with van der Waals surface area (Å²) >= 11 is 0. The van der Waals surface area contributed by atoms with Crippen molar-refractivity contribution >= 4 is 5.97 Å². The van der Waals surface area contributed by atoms with Crippen LogP contribution in [0.3, 0.4) is 0 Å². The summed E-state index contributed by atoms with van der Waals surface area (Å²) in [6.07, 6.45) is 17.5. The highest BCUT2D eigenvalue weighted by Crippen LogP contribution is 2.32. The van der Waals surface area contributed by atoms with Crippen LogP contribution in [0, 0.1) is 0 Å². The second-order valence-corrected chi connectivity index (χ2v) is 10.8. The van der Waals surface area contributed by atoms with Gasteiger partial charge in [0.15, 0.2) is 5.82 Å². The first-order valence-electron chi connectivity index (χ1n) is 14.9. The number of alkyl halides is 1. The Morgan fingerprint density at radius 2 is 1.33 bits per heavy atom. The van der Waals surface area contributed by atoms with Crippen LogP contribution < -0.4 is 4.74 Å². The number of unbranched alkanes of at least 4 members (excludes halogenated alkanes) is 9. The van der Waals surface area contributed by atoms with Crippen molar-refractivity contribution in [2.24, 2.45) is 0 Å². The SMILES string of the molecule is CCCCCCCCC(C)(F)C(=O)Oc1ccc(-c2ccccc2-c2ncc(CCCCCCC)cn2)cc1. The molecule has 0 aliphatic carbocycles. The molecule has 5 heteroatoms. The van der Waals surface area contributed by atoms with Crippen LogP contribution in [-0.4, -0.2) is 21.6 Å². The maximum Gasteiger partial charge on any atom is 0.348 e. The second kappa shape index (κ2) is 16.1. The topological polar surface area (TPSA) is 52.1 Å². The molecular weight excluding hydrogens is 487 g/mol. The Morgan fingerprint density at radius 1 is 0.769 bits per heavy atom. The summed E-state index contributed by atoms with van der Waals surface area (Å²) in [4.78, 5) is 21.8. The number of nitrogens with zero attached hydrogens (tertiary/aromatic N) is 2. The molecule has 0 saturated heterocycles. The number of esters is 1. The van der Waals surface area contributed by atoms with Gasteiger partial charge in [-0.05, 0) is 61.4 Å². The molecule has 0 aliphatic heterocycles. The molecule has 210 valence electrons. The molecule has 0 N–H and O–H groups in total. The highest BCUT2D eigenvalue weighted by atomic mass is 19.1. The van der Waals surface area contributed by atoms with Crippen LogP contribution in [0.25, 0.3) is 22.5 Å². The molecule has 0 bridgehead atoms. The molecule has 0 aliphatic rings. The van der Waals surface area contributed by atoms with Crippen LogP contribution in [-0.2, 0) is 11.2 Å². The van der Waals surface area contributed by atoms with Gasteiger partial charge >= 0.3 is 5.97 Å². The highest BCUT2D eigenvalue weighted by Gasteiger charge is 2.34. The zero-order chi connectivity index (χ0) is 27.9. The molecule has 1 atom stereocenters. The van der Waals surface area contributed by atoms with Gasteiger partial charge in [0.1, 0.15) is 5.75 Å². The Balaban J connectivity index is 1.60. The molecular formula is C34H45FN2O2. The van der Waals surface area contributed by atoms with E-state index in [1.165, 1.54) is 45.4 Å². The molecule has 4 nitrogen and oxygen atoms in total. The van der Waals surface area contributed by atoms with E-state index < -0.39 is 11.6 Å². The standard InChI is InChI=1S/C34H45FN2O2/c1-4-6-8-10-12-16-24-34(3,35)33(38)39-29-22-20-28(21-23-29)30-18-14-15-19-31(30)32-36-25-27(26-37-32)17-13-11-9-7-5-2/h14-15,18-23,25-26H,4-13,16-17,24H2,1-3H3. The Bertz CT molecular complexity index is 1130. The van der Waals surface area contributed by atoms with Gasteiger partial charge in [0.2, 0.25) is 5.67 Å². The highest BCUT2D eigenvalue weighted by molar-refractivity contribution is 5.82. The lowest BCUT2D eigenvalue weighted by molar-refractivity contribution is -0.147. The van der Waals surface area contributed by atoms with Crippen molar-refractivity contribution in [1.29, 1.82) is 0 Å². The fourth-order valence-corrected chi connectivity index (χ4v) is 4.74. The fraction of sp³-hybridized carbons (Fsp3) is 0.500. The Hall–Kier alpha value is -3.08. The van der Waals surface area contributed by atoms with E-state index in [-0.39, 0.29) is 6.42 Å². The summed E-state index contributed by atoms with van der Waals surface area (Å²) in [6.45, 7) is 5.72. The van der Waals surface area contributed by atoms with Crippen LogP contribution in [0.15, 0.2) is 60.9 Å². The zero-order valence-electron chi connectivity index (χ0n) is 24.1. The smallest absolute Gasteiger partial charge is 0.348 e. The van der Waals surface area contributed by atoms with E-state index in [0.29, 0.717) is 18.0 Å². The molecule has 0 radical (unpaired) electrons. The minimum absolute atomic E-state index is 0.182. The van der Waals surface area contributed by atoms with E-state index in [0.717, 1.165) is 54.4 Å². The number of hydrogen-bond donors (Lipinski definition) is 0. The second-order valence-electron chi connectivity index (χ2n) is 10.8. The molecule has 0 saturated carbocycles. The number of ether oxygens (including phenoxy) is 1. The third-order valence-electron chi connectivity index (χ3n) is 7.24. The first-order valence-corrected chi connectivity index (χ1v) is 14.9. The maximum absolute atomic E-state index is 15.0. The van der Waals surface area contributed by atoms with Gasteiger partial charge in [-0.1, -0.05) is 108 Å². The number of hydrogen-bond acceptors (Lipinski definition) is 4. The lowest BCUT2D eigenvalue weighted by Gasteiger charge is -2.18.